The number of phenols is 1. The number of anilines is 1. The highest BCUT2D eigenvalue weighted by Crippen LogP contribution is 2.16. The van der Waals surface area contributed by atoms with E-state index in [4.69, 9.17) is 4.74 Å². The number of benzene rings is 2. The second-order valence-electron chi connectivity index (χ2n) is 4.27. The van der Waals surface area contributed by atoms with Crippen molar-refractivity contribution in [3.05, 3.63) is 59.7 Å². The van der Waals surface area contributed by atoms with Gasteiger partial charge in [0.25, 0.3) is 5.91 Å². The normalized spacial score (nSPS) is 10.1. The van der Waals surface area contributed by atoms with Crippen LogP contribution in [0.4, 0.5) is 14.5 Å². The van der Waals surface area contributed by atoms with Crippen LogP contribution >= 0.6 is 0 Å². The molecule has 0 saturated heterocycles. The number of rotatable bonds is 4. The highest BCUT2D eigenvalue weighted by molar-refractivity contribution is 5.96. The lowest BCUT2D eigenvalue weighted by Crippen LogP contribution is -2.21. The largest absolute Gasteiger partial charge is 0.507 e. The Balaban J connectivity index is 1.91. The van der Waals surface area contributed by atoms with Gasteiger partial charge in [-0.3, -0.25) is 4.79 Å². The van der Waals surface area contributed by atoms with Gasteiger partial charge in [-0.25, -0.2) is 13.6 Å². The number of carbonyl (C=O) groups excluding carboxylic acids is 2. The molecule has 7 heteroatoms. The summed E-state index contributed by atoms with van der Waals surface area (Å²) in [6, 6.07) is 8.53. The third-order valence-corrected chi connectivity index (χ3v) is 2.66. The van der Waals surface area contributed by atoms with E-state index in [0.29, 0.717) is 0 Å². The summed E-state index contributed by atoms with van der Waals surface area (Å²) in [6.07, 6.45) is 0. The van der Waals surface area contributed by atoms with Crippen LogP contribution in [0, 0.1) is 11.6 Å². The average molecular weight is 307 g/mol. The number of aromatic hydroxyl groups is 1. The van der Waals surface area contributed by atoms with E-state index in [1.807, 2.05) is 0 Å². The van der Waals surface area contributed by atoms with Gasteiger partial charge in [-0.05, 0) is 24.3 Å². The molecule has 0 fully saturated rings. The fraction of sp³-hybridized carbons (Fsp3) is 0.0667. The number of para-hydroxylation sites is 1. The molecule has 1 amide bonds. The molecule has 0 heterocycles. The summed E-state index contributed by atoms with van der Waals surface area (Å²) in [6.45, 7) is -0.633. The molecule has 0 bridgehead atoms. The summed E-state index contributed by atoms with van der Waals surface area (Å²) < 4.78 is 30.4. The third kappa shape index (κ3) is 3.78. The number of hydrogen-bond donors (Lipinski definition) is 2. The standard InChI is InChI=1S/C15H11F2NO4/c16-11-6-5-9(7-12(11)17)18-14(20)8-22-15(21)10-3-1-2-4-13(10)19/h1-7,19H,8H2,(H,18,20). The molecule has 0 unspecified atom stereocenters. The number of carbonyl (C=O) groups is 2. The second kappa shape index (κ2) is 6.66. The number of ether oxygens (including phenoxy) is 1. The molecule has 2 N–H and O–H groups in total. The molecule has 0 aliphatic carbocycles. The van der Waals surface area contributed by atoms with Crippen molar-refractivity contribution in [3.8, 4) is 5.75 Å². The molecule has 114 valence electrons. The minimum absolute atomic E-state index is 0.0301. The van der Waals surface area contributed by atoms with Crippen LogP contribution in [0.1, 0.15) is 10.4 Å². The zero-order valence-corrected chi connectivity index (χ0v) is 11.2. The van der Waals surface area contributed by atoms with E-state index in [2.05, 4.69) is 5.32 Å². The van der Waals surface area contributed by atoms with Gasteiger partial charge >= 0.3 is 5.97 Å². The number of hydrogen-bond acceptors (Lipinski definition) is 4. The number of halogens is 2. The maximum absolute atomic E-state index is 13.0. The number of amides is 1. The van der Waals surface area contributed by atoms with Crippen LogP contribution in [0.15, 0.2) is 42.5 Å². The molecule has 2 rings (SSSR count). The van der Waals surface area contributed by atoms with Gasteiger partial charge in [-0.2, -0.15) is 0 Å². The van der Waals surface area contributed by atoms with Crippen LogP contribution in [-0.4, -0.2) is 23.6 Å². The quantitative estimate of drug-likeness (QED) is 0.851. The van der Waals surface area contributed by atoms with Gasteiger partial charge in [0.05, 0.1) is 0 Å². The first kappa shape index (κ1) is 15.4. The van der Waals surface area contributed by atoms with E-state index in [9.17, 15) is 23.5 Å². The molecule has 0 saturated carbocycles. The van der Waals surface area contributed by atoms with E-state index < -0.39 is 30.1 Å². The molecular formula is C15H11F2NO4. The van der Waals surface area contributed by atoms with Crippen molar-refractivity contribution in [2.45, 2.75) is 0 Å². The van der Waals surface area contributed by atoms with Crippen LogP contribution in [0.5, 0.6) is 5.75 Å². The lowest BCUT2D eigenvalue weighted by Gasteiger charge is -2.07. The van der Waals surface area contributed by atoms with E-state index >= 15 is 0 Å². The predicted octanol–water partition coefficient (Wildman–Crippen LogP) is 2.47. The number of phenolic OH excluding ortho intramolecular Hbond substituents is 1. The van der Waals surface area contributed by atoms with Gasteiger partial charge in [-0.1, -0.05) is 12.1 Å². The Kier molecular flexibility index (Phi) is 4.67. The lowest BCUT2D eigenvalue weighted by molar-refractivity contribution is -0.119. The Morgan fingerprint density at radius 3 is 2.50 bits per heavy atom. The molecule has 0 aliphatic heterocycles. The fourth-order valence-electron chi connectivity index (χ4n) is 1.63. The van der Waals surface area contributed by atoms with Gasteiger partial charge in [0.1, 0.15) is 11.3 Å². The molecule has 0 spiro atoms. The highest BCUT2D eigenvalue weighted by atomic mass is 19.2. The van der Waals surface area contributed by atoms with Crippen LogP contribution in [0.2, 0.25) is 0 Å². The summed E-state index contributed by atoms with van der Waals surface area (Å²) in [5.41, 5.74) is -0.0503. The van der Waals surface area contributed by atoms with E-state index in [-0.39, 0.29) is 17.0 Å². The fourth-order valence-corrected chi connectivity index (χ4v) is 1.63. The van der Waals surface area contributed by atoms with E-state index in [0.717, 1.165) is 12.1 Å². The van der Waals surface area contributed by atoms with E-state index in [1.165, 1.54) is 30.3 Å². The first-order valence-corrected chi connectivity index (χ1v) is 6.17. The Hall–Kier alpha value is -2.96. The average Bonchev–Trinajstić information content (AvgIpc) is 2.49. The Bertz CT molecular complexity index is 718. The van der Waals surface area contributed by atoms with Crippen molar-refractivity contribution in [3.63, 3.8) is 0 Å². The summed E-state index contributed by atoms with van der Waals surface area (Å²) in [7, 11) is 0. The molecule has 0 aromatic heterocycles. The zero-order chi connectivity index (χ0) is 16.1. The SMILES string of the molecule is O=C(COC(=O)c1ccccc1O)Nc1ccc(F)c(F)c1. The minimum atomic E-state index is -1.11. The third-order valence-electron chi connectivity index (χ3n) is 2.66. The lowest BCUT2D eigenvalue weighted by atomic mass is 10.2. The van der Waals surface area contributed by atoms with Gasteiger partial charge in [0.2, 0.25) is 0 Å². The molecule has 5 nitrogen and oxygen atoms in total. The van der Waals surface area contributed by atoms with Gasteiger partial charge in [-0.15, -0.1) is 0 Å². The minimum Gasteiger partial charge on any atom is -0.507 e. The topological polar surface area (TPSA) is 75.6 Å². The van der Waals surface area contributed by atoms with Crippen LogP contribution in [-0.2, 0) is 9.53 Å². The molecule has 0 atom stereocenters. The molecule has 22 heavy (non-hydrogen) atoms. The summed E-state index contributed by atoms with van der Waals surface area (Å²) in [5, 5.41) is 11.7. The van der Waals surface area contributed by atoms with Crippen LogP contribution in [0.3, 0.4) is 0 Å². The smallest absolute Gasteiger partial charge is 0.342 e. The van der Waals surface area contributed by atoms with E-state index in [1.54, 1.807) is 0 Å². The Morgan fingerprint density at radius 1 is 1.09 bits per heavy atom. The van der Waals surface area contributed by atoms with Gasteiger partial charge < -0.3 is 15.2 Å². The summed E-state index contributed by atoms with van der Waals surface area (Å²) in [5.74, 6) is -4.02. The molecule has 0 aliphatic rings. The highest BCUT2D eigenvalue weighted by Gasteiger charge is 2.14. The predicted molar refractivity (Wildman–Crippen MR) is 73.4 cm³/mol. The molecular weight excluding hydrogens is 296 g/mol. The maximum atomic E-state index is 13.0. The van der Waals surface area contributed by atoms with Crippen molar-refractivity contribution in [2.75, 3.05) is 11.9 Å². The van der Waals surface area contributed by atoms with Crippen LogP contribution in [0.25, 0.3) is 0 Å². The maximum Gasteiger partial charge on any atom is 0.342 e. The Morgan fingerprint density at radius 2 is 1.82 bits per heavy atom. The van der Waals surface area contributed by atoms with Crippen molar-refractivity contribution in [1.82, 2.24) is 0 Å². The molecule has 2 aromatic carbocycles. The summed E-state index contributed by atoms with van der Waals surface area (Å²) in [4.78, 5) is 23.2. The molecule has 2 aromatic rings. The van der Waals surface area contributed by atoms with Crippen molar-refractivity contribution in [1.29, 1.82) is 0 Å². The van der Waals surface area contributed by atoms with Crippen molar-refractivity contribution < 1.29 is 28.2 Å². The van der Waals surface area contributed by atoms with Gasteiger partial charge in [0.15, 0.2) is 18.2 Å². The zero-order valence-electron chi connectivity index (χ0n) is 11.2. The summed E-state index contributed by atoms with van der Waals surface area (Å²) >= 11 is 0. The number of esters is 1. The number of nitrogens with one attached hydrogen (secondary N) is 1. The Labute approximate surface area is 124 Å². The van der Waals surface area contributed by atoms with Crippen molar-refractivity contribution in [2.24, 2.45) is 0 Å². The van der Waals surface area contributed by atoms with Gasteiger partial charge in [0, 0.05) is 11.8 Å². The molecule has 0 radical (unpaired) electrons. The first-order valence-electron chi connectivity index (χ1n) is 6.17. The van der Waals surface area contributed by atoms with Crippen molar-refractivity contribution >= 4 is 17.6 Å². The second-order valence-corrected chi connectivity index (χ2v) is 4.27. The van der Waals surface area contributed by atoms with Crippen LogP contribution < -0.4 is 5.32 Å². The first-order chi connectivity index (χ1) is 10.5. The monoisotopic (exact) mass is 307 g/mol.